The van der Waals surface area contributed by atoms with Gasteiger partial charge in [-0.05, 0) is 23.8 Å². The molecule has 0 heterocycles. The molecule has 0 aliphatic heterocycles. The van der Waals surface area contributed by atoms with Crippen LogP contribution in [0.15, 0.2) is 53.9 Å². The molecule has 0 saturated carbocycles. The lowest BCUT2D eigenvalue weighted by Gasteiger charge is -2.08. The Bertz CT molecular complexity index is 849. The molecule has 0 radical (unpaired) electrons. The molecule has 0 spiro atoms. The number of esters is 1. The molecule has 132 valence electrons. The number of ether oxygens (including phenoxy) is 1. The fraction of sp³-hybridized carbons (Fsp3) is 0.118. The highest BCUT2D eigenvalue weighted by atomic mass is 35.5. The maximum Gasteiger partial charge on any atom is 0.321 e. The van der Waals surface area contributed by atoms with Crippen molar-refractivity contribution in [2.45, 2.75) is 6.61 Å². The van der Waals surface area contributed by atoms with Gasteiger partial charge in [-0.2, -0.15) is 0 Å². The van der Waals surface area contributed by atoms with Crippen molar-refractivity contribution in [1.82, 2.24) is 4.72 Å². The quantitative estimate of drug-likeness (QED) is 0.745. The first-order valence-electron chi connectivity index (χ1n) is 7.19. The topological polar surface area (TPSA) is 72.5 Å². The Morgan fingerprint density at radius 3 is 2.56 bits per heavy atom. The highest BCUT2D eigenvalue weighted by Crippen LogP contribution is 2.19. The van der Waals surface area contributed by atoms with E-state index in [4.69, 9.17) is 16.3 Å². The molecule has 0 unspecified atom stereocenters. The van der Waals surface area contributed by atoms with Crippen LogP contribution in [0.25, 0.3) is 6.08 Å². The summed E-state index contributed by atoms with van der Waals surface area (Å²) in [5.41, 5.74) is 0.731. The molecule has 0 fully saturated rings. The number of carbonyl (C=O) groups excluding carboxylic acids is 1. The van der Waals surface area contributed by atoms with Crippen molar-refractivity contribution < 1.29 is 22.3 Å². The van der Waals surface area contributed by atoms with Gasteiger partial charge in [0.05, 0.1) is 5.02 Å². The Hall–Kier alpha value is -2.22. The number of sulfonamides is 1. The van der Waals surface area contributed by atoms with Crippen molar-refractivity contribution >= 4 is 33.7 Å². The van der Waals surface area contributed by atoms with Crippen LogP contribution >= 0.6 is 11.6 Å². The van der Waals surface area contributed by atoms with Crippen molar-refractivity contribution in [2.75, 3.05) is 6.54 Å². The predicted octanol–water partition coefficient (Wildman–Crippen LogP) is 3.11. The van der Waals surface area contributed by atoms with Crippen molar-refractivity contribution in [1.29, 1.82) is 0 Å². The van der Waals surface area contributed by atoms with E-state index in [1.165, 1.54) is 24.3 Å². The predicted molar refractivity (Wildman–Crippen MR) is 93.6 cm³/mol. The molecule has 2 aromatic carbocycles. The zero-order valence-electron chi connectivity index (χ0n) is 13.0. The van der Waals surface area contributed by atoms with Gasteiger partial charge in [0.1, 0.15) is 19.0 Å². The van der Waals surface area contributed by atoms with E-state index < -0.39 is 28.4 Å². The molecular weight excluding hydrogens is 369 g/mol. The summed E-state index contributed by atoms with van der Waals surface area (Å²) in [5, 5.41) is 1.07. The van der Waals surface area contributed by atoms with Crippen molar-refractivity contribution in [3.63, 3.8) is 0 Å². The number of halogens is 2. The average molecular weight is 384 g/mol. The molecule has 8 heteroatoms. The van der Waals surface area contributed by atoms with E-state index in [0.29, 0.717) is 5.56 Å². The lowest BCUT2D eigenvalue weighted by molar-refractivity contribution is -0.143. The van der Waals surface area contributed by atoms with Gasteiger partial charge in [-0.3, -0.25) is 4.79 Å². The van der Waals surface area contributed by atoms with Gasteiger partial charge in [0.2, 0.25) is 10.0 Å². The fourth-order valence-corrected chi connectivity index (χ4v) is 2.78. The summed E-state index contributed by atoms with van der Waals surface area (Å²) in [6.07, 6.45) is 1.40. The highest BCUT2D eigenvalue weighted by molar-refractivity contribution is 7.92. The van der Waals surface area contributed by atoms with Crippen LogP contribution in [0.4, 0.5) is 4.39 Å². The van der Waals surface area contributed by atoms with Crippen LogP contribution in [0.3, 0.4) is 0 Å². The summed E-state index contributed by atoms with van der Waals surface area (Å²) in [7, 11) is -3.81. The third-order valence-corrected chi connectivity index (χ3v) is 4.49. The monoisotopic (exact) mass is 383 g/mol. The molecule has 0 atom stereocenters. The molecule has 0 saturated heterocycles. The number of rotatable bonds is 7. The zero-order chi connectivity index (χ0) is 18.3. The number of benzene rings is 2. The first-order valence-corrected chi connectivity index (χ1v) is 9.11. The van der Waals surface area contributed by atoms with Gasteiger partial charge in [0, 0.05) is 11.0 Å². The molecule has 2 rings (SSSR count). The molecule has 0 aromatic heterocycles. The van der Waals surface area contributed by atoms with E-state index >= 15 is 0 Å². The Morgan fingerprint density at radius 1 is 1.16 bits per heavy atom. The van der Waals surface area contributed by atoms with E-state index in [9.17, 15) is 17.6 Å². The largest absolute Gasteiger partial charge is 0.460 e. The molecule has 1 N–H and O–H groups in total. The second kappa shape index (κ2) is 8.75. The Labute approximate surface area is 150 Å². The highest BCUT2D eigenvalue weighted by Gasteiger charge is 2.13. The van der Waals surface area contributed by atoms with E-state index in [-0.39, 0.29) is 17.2 Å². The van der Waals surface area contributed by atoms with Gasteiger partial charge in [-0.15, -0.1) is 0 Å². The van der Waals surface area contributed by atoms with Crippen LogP contribution in [-0.4, -0.2) is 20.9 Å². The van der Waals surface area contributed by atoms with E-state index in [0.717, 1.165) is 5.41 Å². The summed E-state index contributed by atoms with van der Waals surface area (Å²) >= 11 is 5.81. The molecule has 5 nitrogen and oxygen atoms in total. The molecule has 2 aromatic rings. The Balaban J connectivity index is 1.86. The summed E-state index contributed by atoms with van der Waals surface area (Å²) in [5.74, 6) is -1.46. The SMILES string of the molecule is O=C(CNS(=O)(=O)/C=C/c1ccccc1)OCc1c(F)cccc1Cl. The minimum Gasteiger partial charge on any atom is -0.460 e. The number of hydrogen-bond acceptors (Lipinski definition) is 4. The Morgan fingerprint density at radius 2 is 1.88 bits per heavy atom. The van der Waals surface area contributed by atoms with Crippen molar-refractivity contribution in [3.05, 3.63) is 75.9 Å². The first-order chi connectivity index (χ1) is 11.9. The summed E-state index contributed by atoms with van der Waals surface area (Å²) in [6.45, 7) is -0.959. The number of nitrogens with one attached hydrogen (secondary N) is 1. The lowest BCUT2D eigenvalue weighted by atomic mass is 10.2. The van der Waals surface area contributed by atoms with Crippen LogP contribution in [0, 0.1) is 5.82 Å². The number of hydrogen-bond donors (Lipinski definition) is 1. The fourth-order valence-electron chi connectivity index (χ4n) is 1.81. The van der Waals surface area contributed by atoms with Gasteiger partial charge in [-0.25, -0.2) is 17.5 Å². The van der Waals surface area contributed by atoms with E-state index in [1.54, 1.807) is 24.3 Å². The summed E-state index contributed by atoms with van der Waals surface area (Å²) in [6, 6.07) is 12.9. The average Bonchev–Trinajstić information content (AvgIpc) is 2.59. The van der Waals surface area contributed by atoms with Gasteiger partial charge in [0.15, 0.2) is 0 Å². The zero-order valence-corrected chi connectivity index (χ0v) is 14.6. The maximum absolute atomic E-state index is 13.5. The van der Waals surface area contributed by atoms with Crippen molar-refractivity contribution in [2.24, 2.45) is 0 Å². The summed E-state index contributed by atoms with van der Waals surface area (Å²) in [4.78, 5) is 11.6. The van der Waals surface area contributed by atoms with Crippen LogP contribution in [0.5, 0.6) is 0 Å². The second-order valence-corrected chi connectivity index (χ2v) is 7.00. The Kier molecular flexibility index (Phi) is 6.69. The van der Waals surface area contributed by atoms with Gasteiger partial charge < -0.3 is 4.74 Å². The summed E-state index contributed by atoms with van der Waals surface area (Å²) < 4.78 is 44.1. The minimum atomic E-state index is -3.81. The second-order valence-electron chi connectivity index (χ2n) is 4.94. The van der Waals surface area contributed by atoms with E-state index in [1.807, 2.05) is 6.07 Å². The maximum atomic E-state index is 13.5. The third kappa shape index (κ3) is 6.30. The van der Waals surface area contributed by atoms with Crippen LogP contribution in [0.1, 0.15) is 11.1 Å². The smallest absolute Gasteiger partial charge is 0.321 e. The molecule has 0 aliphatic carbocycles. The van der Waals surface area contributed by atoms with Crippen LogP contribution < -0.4 is 4.72 Å². The molecule has 0 bridgehead atoms. The minimum absolute atomic E-state index is 0.0318. The molecule has 0 aliphatic rings. The first kappa shape index (κ1) is 19.1. The van der Waals surface area contributed by atoms with Crippen LogP contribution in [-0.2, 0) is 26.2 Å². The lowest BCUT2D eigenvalue weighted by Crippen LogP contribution is -2.29. The van der Waals surface area contributed by atoms with E-state index in [2.05, 4.69) is 4.72 Å². The van der Waals surface area contributed by atoms with Crippen molar-refractivity contribution in [3.8, 4) is 0 Å². The standard InChI is InChI=1S/C17H15ClFNO4S/c18-15-7-4-8-16(19)14(15)12-24-17(21)11-20-25(22,23)10-9-13-5-2-1-3-6-13/h1-10,20H,11-12H2/b10-9+. The van der Waals surface area contributed by atoms with Gasteiger partial charge >= 0.3 is 5.97 Å². The molecular formula is C17H15ClFNO4S. The third-order valence-electron chi connectivity index (χ3n) is 3.10. The van der Waals surface area contributed by atoms with Gasteiger partial charge in [0.25, 0.3) is 0 Å². The normalized spacial score (nSPS) is 11.6. The van der Waals surface area contributed by atoms with Crippen LogP contribution in [0.2, 0.25) is 5.02 Å². The number of carbonyl (C=O) groups is 1. The molecule has 25 heavy (non-hydrogen) atoms. The molecule has 0 amide bonds. The van der Waals surface area contributed by atoms with Gasteiger partial charge in [-0.1, -0.05) is 48.0 Å².